The molecule has 5 N–H and O–H groups in total. The molecule has 3 amide bonds. The summed E-state index contributed by atoms with van der Waals surface area (Å²) in [6.45, 7) is 9.00. The molecule has 1 aliphatic rings. The first-order valence-corrected chi connectivity index (χ1v) is 20.8. The molecule has 58 heavy (non-hydrogen) atoms. The van der Waals surface area contributed by atoms with Crippen molar-refractivity contribution in [3.8, 4) is 23.0 Å². The van der Waals surface area contributed by atoms with E-state index in [1.807, 2.05) is 42.5 Å². The van der Waals surface area contributed by atoms with Crippen LogP contribution >= 0.6 is 0 Å². The van der Waals surface area contributed by atoms with Crippen molar-refractivity contribution >= 4 is 62.3 Å². The fraction of sp³-hybridized carbons (Fsp3) is 0.341. The Labute approximate surface area is 342 Å². The molecule has 6 rings (SSSR count). The maximum Gasteiger partial charge on any atom is 0.323 e. The Morgan fingerprint density at radius 2 is 1.59 bits per heavy atom. The highest BCUT2D eigenvalue weighted by atomic mass is 32.2. The Morgan fingerprint density at radius 1 is 0.862 bits per heavy atom. The number of rotatable bonds is 14. The topological polar surface area (TPSA) is 155 Å². The lowest BCUT2D eigenvalue weighted by atomic mass is 9.86. The molecule has 1 aliphatic heterocycles. The molecule has 0 aliphatic carbocycles. The number of aromatic nitrogens is 1. The molecule has 0 radical (unpaired) electrons. The number of nitrogens with zero attached hydrogens (tertiary/aromatic N) is 2. The summed E-state index contributed by atoms with van der Waals surface area (Å²) in [5.74, 6) is 2.94. The molecule has 1 saturated heterocycles. The average molecular weight is 808 g/mol. The first-order valence-electron chi connectivity index (χ1n) is 19.3. The zero-order valence-electron chi connectivity index (χ0n) is 34.2. The van der Waals surface area contributed by atoms with E-state index in [0.29, 0.717) is 69.6 Å². The maximum atomic E-state index is 13.5. The van der Waals surface area contributed by atoms with Crippen molar-refractivity contribution in [2.24, 2.45) is 5.92 Å². The van der Waals surface area contributed by atoms with Gasteiger partial charge in [0.05, 0.1) is 36.8 Å². The number of likely N-dealkylation sites (tertiary alicyclic amines) is 1. The third-order valence-corrected chi connectivity index (χ3v) is 10.7. The smallest absolute Gasteiger partial charge is 0.323 e. The molecule has 0 spiro atoms. The SMILES string of the molecule is COc1cc(Nc2cc(Oc3ccc(NC(=O)Nc4cc(C(C)(C)C)cc(NS(C)=O)c4OC)c4ccccc34)ccn2)ccc1C(=O)NCCC1CCN(C)CC1. The number of amides is 3. The number of hydrogen-bond donors (Lipinski definition) is 5. The second-order valence-electron chi connectivity index (χ2n) is 15.5. The number of carbonyl (C=O) groups excluding carboxylic acids is 2. The van der Waals surface area contributed by atoms with Crippen LogP contribution in [0.15, 0.2) is 85.1 Å². The Balaban J connectivity index is 1.13. The molecule has 2 heterocycles. The normalized spacial score (nSPS) is 14.0. The Kier molecular flexibility index (Phi) is 13.4. The summed E-state index contributed by atoms with van der Waals surface area (Å²) in [6, 6.07) is 23.3. The summed E-state index contributed by atoms with van der Waals surface area (Å²) in [7, 11) is 3.84. The second-order valence-corrected chi connectivity index (χ2v) is 16.6. The van der Waals surface area contributed by atoms with E-state index >= 15 is 0 Å². The number of carbonyl (C=O) groups is 2. The Hall–Kier alpha value is -5.86. The predicted molar refractivity (Wildman–Crippen MR) is 234 cm³/mol. The summed E-state index contributed by atoms with van der Waals surface area (Å²) < 4.78 is 32.7. The standard InChI is InChI=1S/C44H53N7O6S/c1-44(2,3)29-24-36(41(56-6)37(25-29)50-58(7)54)49-43(53)48-35-14-15-38(33-11-9-8-10-32(33)35)57-31-17-21-45-40(27-31)47-30-12-13-34(39(26-30)55-5)42(52)46-20-16-28-18-22-51(4)23-19-28/h8-15,17,21,24-28,50H,16,18-20,22-23H2,1-7H3,(H,45,47)(H,46,52)(H2,48,49,53). The van der Waals surface area contributed by atoms with Crippen molar-refractivity contribution in [2.45, 2.75) is 45.4 Å². The van der Waals surface area contributed by atoms with Crippen molar-refractivity contribution < 1.29 is 28.0 Å². The van der Waals surface area contributed by atoms with Crippen LogP contribution in [0, 0.1) is 5.92 Å². The highest BCUT2D eigenvalue weighted by Crippen LogP contribution is 2.40. The van der Waals surface area contributed by atoms with E-state index in [1.165, 1.54) is 13.4 Å². The lowest BCUT2D eigenvalue weighted by Crippen LogP contribution is -2.32. The summed E-state index contributed by atoms with van der Waals surface area (Å²) in [5.41, 5.74) is 3.34. The third kappa shape index (κ3) is 10.5. The van der Waals surface area contributed by atoms with Gasteiger partial charge in [0.25, 0.3) is 5.91 Å². The van der Waals surface area contributed by atoms with Gasteiger partial charge < -0.3 is 45.1 Å². The summed E-state index contributed by atoms with van der Waals surface area (Å²) >= 11 is 0. The molecule has 0 saturated carbocycles. The molecule has 13 nitrogen and oxygen atoms in total. The van der Waals surface area contributed by atoms with Crippen molar-refractivity contribution in [1.29, 1.82) is 0 Å². The van der Waals surface area contributed by atoms with Crippen molar-refractivity contribution in [3.63, 3.8) is 0 Å². The fourth-order valence-corrected chi connectivity index (χ4v) is 7.42. The van der Waals surface area contributed by atoms with Gasteiger partial charge in [-0.25, -0.2) is 14.0 Å². The summed E-state index contributed by atoms with van der Waals surface area (Å²) in [4.78, 5) is 33.4. The van der Waals surface area contributed by atoms with Crippen LogP contribution in [0.1, 0.15) is 56.0 Å². The van der Waals surface area contributed by atoms with Crippen molar-refractivity contribution in [3.05, 3.63) is 96.2 Å². The minimum atomic E-state index is -1.36. The maximum absolute atomic E-state index is 13.5. The molecule has 14 heteroatoms. The van der Waals surface area contributed by atoms with Crippen LogP contribution in [0.2, 0.25) is 0 Å². The highest BCUT2D eigenvalue weighted by Gasteiger charge is 2.22. The molecule has 0 bridgehead atoms. The zero-order chi connectivity index (χ0) is 41.4. The lowest BCUT2D eigenvalue weighted by Gasteiger charge is -2.28. The van der Waals surface area contributed by atoms with Crippen LogP contribution in [0.25, 0.3) is 10.8 Å². The van der Waals surface area contributed by atoms with E-state index in [4.69, 9.17) is 14.2 Å². The lowest BCUT2D eigenvalue weighted by molar-refractivity contribution is 0.0946. The molecule has 1 unspecified atom stereocenters. The number of ether oxygens (including phenoxy) is 3. The number of hydrogen-bond acceptors (Lipinski definition) is 9. The van der Waals surface area contributed by atoms with Gasteiger partial charge >= 0.3 is 6.03 Å². The van der Waals surface area contributed by atoms with E-state index in [1.54, 1.807) is 49.7 Å². The minimum Gasteiger partial charge on any atom is -0.496 e. The molecule has 306 valence electrons. The van der Waals surface area contributed by atoms with Crippen molar-refractivity contribution in [2.75, 3.05) is 67.8 Å². The molecular formula is C44H53N7O6S. The van der Waals surface area contributed by atoms with Crippen LogP contribution in [-0.2, 0) is 16.4 Å². The predicted octanol–water partition coefficient (Wildman–Crippen LogP) is 8.90. The van der Waals surface area contributed by atoms with E-state index in [9.17, 15) is 13.8 Å². The van der Waals surface area contributed by atoms with Gasteiger partial charge in [-0.3, -0.25) is 4.79 Å². The zero-order valence-corrected chi connectivity index (χ0v) is 35.0. The number of anilines is 5. The van der Waals surface area contributed by atoms with Gasteiger partial charge in [-0.1, -0.05) is 45.0 Å². The highest BCUT2D eigenvalue weighted by molar-refractivity contribution is 7.85. The van der Waals surface area contributed by atoms with Crippen LogP contribution < -0.4 is 40.2 Å². The molecule has 1 atom stereocenters. The summed E-state index contributed by atoms with van der Waals surface area (Å²) in [5, 5.41) is 13.8. The first-order chi connectivity index (χ1) is 27.8. The number of pyridine rings is 1. The second kappa shape index (κ2) is 18.6. The van der Waals surface area contributed by atoms with Gasteiger partial charge in [0.1, 0.15) is 34.1 Å². The van der Waals surface area contributed by atoms with Gasteiger partial charge in [0.2, 0.25) is 0 Å². The number of piperidine rings is 1. The van der Waals surface area contributed by atoms with Crippen molar-refractivity contribution in [1.82, 2.24) is 15.2 Å². The first kappa shape index (κ1) is 41.8. The molecular weight excluding hydrogens is 755 g/mol. The fourth-order valence-electron chi connectivity index (χ4n) is 6.96. The van der Waals surface area contributed by atoms with Crippen LogP contribution in [0.5, 0.6) is 23.0 Å². The van der Waals surface area contributed by atoms with Gasteiger partial charge in [0.15, 0.2) is 5.75 Å². The Bertz CT molecular complexity index is 2290. The van der Waals surface area contributed by atoms with Crippen LogP contribution in [-0.4, -0.2) is 73.2 Å². The molecule has 1 fully saturated rings. The number of nitrogens with one attached hydrogen (secondary N) is 5. The number of urea groups is 1. The quantitative estimate of drug-likeness (QED) is 0.0740. The van der Waals surface area contributed by atoms with E-state index in [-0.39, 0.29) is 11.3 Å². The largest absolute Gasteiger partial charge is 0.496 e. The van der Waals surface area contributed by atoms with Crippen LogP contribution in [0.3, 0.4) is 0 Å². The minimum absolute atomic E-state index is 0.164. The molecule has 5 aromatic rings. The molecule has 1 aromatic heterocycles. The van der Waals surface area contributed by atoms with Gasteiger partial charge in [-0.15, -0.1) is 0 Å². The number of benzene rings is 4. The van der Waals surface area contributed by atoms with Crippen LogP contribution in [0.4, 0.5) is 33.4 Å². The van der Waals surface area contributed by atoms with E-state index in [2.05, 4.69) is 63.7 Å². The summed E-state index contributed by atoms with van der Waals surface area (Å²) in [6.07, 6.45) is 6.46. The van der Waals surface area contributed by atoms with E-state index in [0.717, 1.165) is 48.7 Å². The Morgan fingerprint density at radius 3 is 2.29 bits per heavy atom. The third-order valence-electron chi connectivity index (χ3n) is 10.1. The van der Waals surface area contributed by atoms with Gasteiger partial charge in [0, 0.05) is 47.6 Å². The molecule has 4 aromatic carbocycles. The average Bonchev–Trinajstić information content (AvgIpc) is 3.19. The monoisotopic (exact) mass is 807 g/mol. The van der Waals surface area contributed by atoms with E-state index < -0.39 is 17.0 Å². The number of fused-ring (bicyclic) bond motifs is 1. The number of methoxy groups -OCH3 is 2. The van der Waals surface area contributed by atoms with Gasteiger partial charge in [-0.05, 0) is 98.8 Å². The van der Waals surface area contributed by atoms with Gasteiger partial charge in [-0.2, -0.15) is 0 Å².